The van der Waals surface area contributed by atoms with E-state index in [4.69, 9.17) is 4.74 Å². The Balaban J connectivity index is 2.03. The number of halogens is 1. The van der Waals surface area contributed by atoms with Crippen molar-refractivity contribution in [2.45, 2.75) is 6.92 Å². The normalized spacial score (nSPS) is 10.2. The highest BCUT2D eigenvalue weighted by Crippen LogP contribution is 2.23. The van der Waals surface area contributed by atoms with E-state index >= 15 is 0 Å². The van der Waals surface area contributed by atoms with Gasteiger partial charge in [-0.05, 0) is 41.1 Å². The Morgan fingerprint density at radius 2 is 2.09 bits per heavy atom. The molecule has 6 nitrogen and oxygen atoms in total. The zero-order valence-corrected chi connectivity index (χ0v) is 14.5. The first kappa shape index (κ1) is 17.1. The van der Waals surface area contributed by atoms with Crippen molar-refractivity contribution >= 4 is 33.4 Å². The minimum absolute atomic E-state index is 0.0377. The number of ether oxygens (including phenoxy) is 1. The molecule has 7 heteroatoms. The van der Waals surface area contributed by atoms with Gasteiger partial charge in [0.1, 0.15) is 18.0 Å². The molecule has 0 aliphatic heterocycles. The number of nitrogens with one attached hydrogen (secondary N) is 2. The van der Waals surface area contributed by atoms with Crippen LogP contribution in [0.25, 0.3) is 0 Å². The number of carbonyl (C=O) groups is 2. The summed E-state index contributed by atoms with van der Waals surface area (Å²) < 4.78 is 5.98. The summed E-state index contributed by atoms with van der Waals surface area (Å²) in [6.45, 7) is 2.21. The molecule has 2 rings (SSSR count). The highest BCUT2D eigenvalue weighted by Gasteiger charge is 2.19. The van der Waals surface area contributed by atoms with Gasteiger partial charge in [-0.1, -0.05) is 12.1 Å². The van der Waals surface area contributed by atoms with Crippen molar-refractivity contribution in [2.75, 3.05) is 25.5 Å². The van der Waals surface area contributed by atoms with Gasteiger partial charge in [-0.2, -0.15) is 0 Å². The number of nitrogens with zero attached hydrogens (tertiary/aromatic N) is 1. The summed E-state index contributed by atoms with van der Waals surface area (Å²) in [5.41, 5.74) is 1.01. The summed E-state index contributed by atoms with van der Waals surface area (Å²) in [6.07, 6.45) is 1.68. The van der Waals surface area contributed by atoms with Crippen molar-refractivity contribution in [3.63, 3.8) is 0 Å². The van der Waals surface area contributed by atoms with Crippen LogP contribution in [0, 0.1) is 0 Å². The Bertz CT molecular complexity index is 699. The maximum Gasteiger partial charge on any atom is 0.270 e. The second-order valence-corrected chi connectivity index (χ2v) is 5.72. The molecular formula is C16H18BrN3O3. The third kappa shape index (κ3) is 4.35. The van der Waals surface area contributed by atoms with Gasteiger partial charge in [-0.15, -0.1) is 0 Å². The lowest BCUT2D eigenvalue weighted by atomic mass is 10.3. The van der Waals surface area contributed by atoms with Crippen LogP contribution in [0.5, 0.6) is 5.75 Å². The number of hydrogen-bond acceptors (Lipinski definition) is 3. The Morgan fingerprint density at radius 3 is 2.70 bits per heavy atom. The monoisotopic (exact) mass is 379 g/mol. The fraction of sp³-hybridized carbons (Fsp3) is 0.250. The topological polar surface area (TPSA) is 74.4 Å². The van der Waals surface area contributed by atoms with Crippen molar-refractivity contribution in [1.29, 1.82) is 0 Å². The number of likely N-dealkylation sites (N-methyl/N-ethyl adjacent to an activating group) is 1. The first-order chi connectivity index (χ1) is 11.0. The molecule has 0 aliphatic rings. The smallest absolute Gasteiger partial charge is 0.270 e. The Morgan fingerprint density at radius 1 is 1.35 bits per heavy atom. The first-order valence-corrected chi connectivity index (χ1v) is 7.90. The SMILES string of the molecule is CCN(CC(=O)Nc1ccccc1OC)C(=O)c1cc(Br)c[nH]1. The van der Waals surface area contributed by atoms with Crippen LogP contribution >= 0.6 is 15.9 Å². The van der Waals surface area contributed by atoms with Crippen LogP contribution in [0.4, 0.5) is 5.69 Å². The molecule has 0 saturated carbocycles. The van der Waals surface area contributed by atoms with E-state index in [-0.39, 0.29) is 18.4 Å². The standard InChI is InChI=1S/C16H18BrN3O3/c1-3-20(16(22)13-8-11(17)9-18-13)10-15(21)19-12-6-4-5-7-14(12)23-2/h4-9,18H,3,10H2,1-2H3,(H,19,21). The van der Waals surface area contributed by atoms with E-state index < -0.39 is 0 Å². The number of aromatic amines is 1. The van der Waals surface area contributed by atoms with Crippen LogP contribution in [0.2, 0.25) is 0 Å². The highest BCUT2D eigenvalue weighted by atomic mass is 79.9. The largest absolute Gasteiger partial charge is 0.495 e. The Hall–Kier alpha value is -2.28. The molecule has 0 fully saturated rings. The van der Waals surface area contributed by atoms with E-state index in [2.05, 4.69) is 26.2 Å². The number of para-hydroxylation sites is 2. The average Bonchev–Trinajstić information content (AvgIpc) is 2.99. The van der Waals surface area contributed by atoms with E-state index in [0.717, 1.165) is 4.47 Å². The molecule has 0 bridgehead atoms. The summed E-state index contributed by atoms with van der Waals surface area (Å²) in [7, 11) is 1.54. The lowest BCUT2D eigenvalue weighted by Gasteiger charge is -2.20. The fourth-order valence-corrected chi connectivity index (χ4v) is 2.44. The number of carbonyl (C=O) groups excluding carboxylic acids is 2. The van der Waals surface area contributed by atoms with Crippen LogP contribution in [-0.2, 0) is 4.79 Å². The van der Waals surface area contributed by atoms with Gasteiger partial charge >= 0.3 is 0 Å². The number of H-pyrrole nitrogens is 1. The molecule has 0 spiro atoms. The number of hydrogen-bond donors (Lipinski definition) is 2. The molecular weight excluding hydrogens is 362 g/mol. The molecule has 23 heavy (non-hydrogen) atoms. The minimum Gasteiger partial charge on any atom is -0.495 e. The van der Waals surface area contributed by atoms with Gasteiger partial charge in [0.15, 0.2) is 0 Å². The van der Waals surface area contributed by atoms with E-state index in [9.17, 15) is 9.59 Å². The molecule has 0 aliphatic carbocycles. The van der Waals surface area contributed by atoms with E-state index in [1.54, 1.807) is 30.5 Å². The molecule has 2 amide bonds. The molecule has 0 radical (unpaired) electrons. The Kier molecular flexibility index (Phi) is 5.81. The minimum atomic E-state index is -0.282. The lowest BCUT2D eigenvalue weighted by Crippen LogP contribution is -2.38. The lowest BCUT2D eigenvalue weighted by molar-refractivity contribution is -0.116. The van der Waals surface area contributed by atoms with Crippen molar-refractivity contribution in [3.8, 4) is 5.75 Å². The molecule has 1 heterocycles. The van der Waals surface area contributed by atoms with E-state index in [1.807, 2.05) is 13.0 Å². The second kappa shape index (κ2) is 7.82. The van der Waals surface area contributed by atoms with Gasteiger partial charge in [0.05, 0.1) is 12.8 Å². The van der Waals surface area contributed by atoms with Crippen molar-refractivity contribution in [1.82, 2.24) is 9.88 Å². The predicted octanol–water partition coefficient (Wildman–Crippen LogP) is 2.89. The van der Waals surface area contributed by atoms with Gasteiger partial charge in [0.2, 0.25) is 5.91 Å². The molecule has 1 aromatic heterocycles. The number of anilines is 1. The van der Waals surface area contributed by atoms with Crippen LogP contribution in [0.1, 0.15) is 17.4 Å². The van der Waals surface area contributed by atoms with E-state index in [0.29, 0.717) is 23.7 Å². The summed E-state index contributed by atoms with van der Waals surface area (Å²) in [6, 6.07) is 8.81. The second-order valence-electron chi connectivity index (χ2n) is 4.80. The highest BCUT2D eigenvalue weighted by molar-refractivity contribution is 9.10. The Labute approximate surface area is 143 Å². The maximum absolute atomic E-state index is 12.4. The van der Waals surface area contributed by atoms with E-state index in [1.165, 1.54) is 12.0 Å². The molecule has 2 N–H and O–H groups in total. The zero-order valence-electron chi connectivity index (χ0n) is 12.9. The molecule has 2 aromatic rings. The third-order valence-corrected chi connectivity index (χ3v) is 3.72. The number of benzene rings is 1. The van der Waals surface area contributed by atoms with Gasteiger partial charge in [-0.3, -0.25) is 9.59 Å². The van der Waals surface area contributed by atoms with Crippen molar-refractivity contribution < 1.29 is 14.3 Å². The van der Waals surface area contributed by atoms with Gasteiger partial charge in [0, 0.05) is 17.2 Å². The van der Waals surface area contributed by atoms with Crippen molar-refractivity contribution in [2.24, 2.45) is 0 Å². The van der Waals surface area contributed by atoms with Crippen LogP contribution in [-0.4, -0.2) is 41.9 Å². The van der Waals surface area contributed by atoms with Gasteiger partial charge < -0.3 is 19.9 Å². The van der Waals surface area contributed by atoms with Crippen LogP contribution in [0.15, 0.2) is 41.0 Å². The molecule has 1 aromatic carbocycles. The first-order valence-electron chi connectivity index (χ1n) is 7.11. The number of methoxy groups -OCH3 is 1. The maximum atomic E-state index is 12.4. The fourth-order valence-electron chi connectivity index (χ4n) is 2.10. The average molecular weight is 380 g/mol. The number of amides is 2. The summed E-state index contributed by atoms with van der Waals surface area (Å²) in [5.74, 6) is 0.0622. The quantitative estimate of drug-likeness (QED) is 0.810. The van der Waals surface area contributed by atoms with Gasteiger partial charge in [0.25, 0.3) is 5.91 Å². The molecule has 0 atom stereocenters. The predicted molar refractivity (Wildman–Crippen MR) is 91.7 cm³/mol. The van der Waals surface area contributed by atoms with Crippen LogP contribution < -0.4 is 10.1 Å². The number of rotatable bonds is 6. The summed E-state index contributed by atoms with van der Waals surface area (Å²) in [4.78, 5) is 28.9. The molecule has 0 saturated heterocycles. The van der Waals surface area contributed by atoms with Gasteiger partial charge in [-0.25, -0.2) is 0 Å². The van der Waals surface area contributed by atoms with Crippen LogP contribution in [0.3, 0.4) is 0 Å². The zero-order chi connectivity index (χ0) is 16.8. The summed E-state index contributed by atoms with van der Waals surface area (Å²) in [5, 5.41) is 2.76. The van der Waals surface area contributed by atoms with Crippen molar-refractivity contribution in [3.05, 3.63) is 46.7 Å². The summed E-state index contributed by atoms with van der Waals surface area (Å²) >= 11 is 3.29. The molecule has 0 unspecified atom stereocenters. The third-order valence-electron chi connectivity index (χ3n) is 3.26. The number of aromatic nitrogens is 1. The molecule has 122 valence electrons.